The molecule has 0 saturated heterocycles. The molecule has 94 valence electrons. The Hall–Kier alpha value is -1.22. The fraction of sp³-hybridized carbons (Fsp3) is 0.571. The summed E-state index contributed by atoms with van der Waals surface area (Å²) in [6.45, 7) is 7.70. The van der Waals surface area contributed by atoms with Crippen LogP contribution in [0.1, 0.15) is 31.4 Å². The van der Waals surface area contributed by atoms with Crippen molar-refractivity contribution in [3.63, 3.8) is 0 Å². The van der Waals surface area contributed by atoms with Crippen molar-refractivity contribution in [3.05, 3.63) is 23.3 Å². The van der Waals surface area contributed by atoms with E-state index in [1.165, 1.54) is 11.1 Å². The zero-order valence-electron chi connectivity index (χ0n) is 10.9. The summed E-state index contributed by atoms with van der Waals surface area (Å²) in [5.41, 5.74) is 8.47. The summed E-state index contributed by atoms with van der Waals surface area (Å²) in [5, 5.41) is 0. The number of hydrogen-bond donors (Lipinski definition) is 1. The topological polar surface area (TPSA) is 44.5 Å². The van der Waals surface area contributed by atoms with Gasteiger partial charge in [0.05, 0.1) is 0 Å². The first kappa shape index (κ1) is 12.2. The molecule has 0 fully saturated rings. The highest BCUT2D eigenvalue weighted by Gasteiger charge is 2.21. The Balaban J connectivity index is 2.21. The summed E-state index contributed by atoms with van der Waals surface area (Å²) in [6.07, 6.45) is 2.05. The number of nitrogens with two attached hydrogens (primary N) is 1. The fourth-order valence-electron chi connectivity index (χ4n) is 2.27. The molecule has 1 aliphatic heterocycles. The van der Waals surface area contributed by atoms with Crippen LogP contribution in [0.3, 0.4) is 0 Å². The van der Waals surface area contributed by atoms with Crippen molar-refractivity contribution in [1.29, 1.82) is 0 Å². The maximum atomic E-state index is 5.65. The molecule has 1 aromatic rings. The van der Waals surface area contributed by atoms with Gasteiger partial charge in [-0.25, -0.2) is 0 Å². The number of fused-ring (bicyclic) bond motifs is 1. The molecule has 3 nitrogen and oxygen atoms in total. The summed E-state index contributed by atoms with van der Waals surface area (Å²) in [6, 6.07) is 4.17. The molecule has 2 N–H and O–H groups in total. The molecule has 0 aliphatic carbocycles. The lowest BCUT2D eigenvalue weighted by atomic mass is 9.81. The number of hydrogen-bond acceptors (Lipinski definition) is 3. The van der Waals surface area contributed by atoms with E-state index in [1.54, 1.807) is 0 Å². The second-order valence-corrected chi connectivity index (χ2v) is 5.51. The Labute approximate surface area is 103 Å². The van der Waals surface area contributed by atoms with Crippen molar-refractivity contribution in [3.8, 4) is 11.5 Å². The van der Waals surface area contributed by atoms with E-state index in [9.17, 15) is 0 Å². The zero-order valence-corrected chi connectivity index (χ0v) is 10.9. The highest BCUT2D eigenvalue weighted by atomic mass is 16.7. The van der Waals surface area contributed by atoms with Crippen LogP contribution >= 0.6 is 0 Å². The Morgan fingerprint density at radius 1 is 1.24 bits per heavy atom. The normalized spacial score (nSPS) is 14.1. The third-order valence-electron chi connectivity index (χ3n) is 3.32. The van der Waals surface area contributed by atoms with E-state index in [2.05, 4.69) is 32.9 Å². The Bertz CT molecular complexity index is 413. The number of benzene rings is 1. The maximum absolute atomic E-state index is 5.65. The van der Waals surface area contributed by atoms with Crippen molar-refractivity contribution in [1.82, 2.24) is 0 Å². The van der Waals surface area contributed by atoms with Crippen LogP contribution in [0.15, 0.2) is 12.1 Å². The smallest absolute Gasteiger partial charge is 0.231 e. The number of ether oxygens (including phenoxy) is 2. The van der Waals surface area contributed by atoms with Gasteiger partial charge in [0.15, 0.2) is 11.5 Å². The second kappa shape index (κ2) is 4.57. The molecule has 0 atom stereocenters. The molecule has 0 bridgehead atoms. The van der Waals surface area contributed by atoms with E-state index in [4.69, 9.17) is 15.2 Å². The van der Waals surface area contributed by atoms with Crippen LogP contribution in [0.4, 0.5) is 0 Å². The van der Waals surface area contributed by atoms with E-state index >= 15 is 0 Å². The fourth-order valence-corrected chi connectivity index (χ4v) is 2.27. The Kier molecular flexibility index (Phi) is 3.29. The van der Waals surface area contributed by atoms with Crippen LogP contribution in [0.2, 0.25) is 0 Å². The summed E-state index contributed by atoms with van der Waals surface area (Å²) in [4.78, 5) is 0. The van der Waals surface area contributed by atoms with Crippen LogP contribution in [0, 0.1) is 12.3 Å². The first-order chi connectivity index (χ1) is 8.02. The van der Waals surface area contributed by atoms with Gasteiger partial charge in [0, 0.05) is 0 Å². The zero-order chi connectivity index (χ0) is 12.5. The van der Waals surface area contributed by atoms with E-state index in [1.807, 2.05) is 0 Å². The van der Waals surface area contributed by atoms with Crippen molar-refractivity contribution < 1.29 is 9.47 Å². The predicted octanol–water partition coefficient (Wildman–Crippen LogP) is 2.64. The average Bonchev–Trinajstić information content (AvgIpc) is 2.64. The highest BCUT2D eigenvalue weighted by molar-refractivity contribution is 5.48. The van der Waals surface area contributed by atoms with E-state index in [-0.39, 0.29) is 5.41 Å². The summed E-state index contributed by atoms with van der Waals surface area (Å²) < 4.78 is 10.8. The van der Waals surface area contributed by atoms with Crippen LogP contribution in [-0.2, 0) is 6.42 Å². The lowest BCUT2D eigenvalue weighted by Crippen LogP contribution is -2.20. The molecule has 3 heteroatoms. The summed E-state index contributed by atoms with van der Waals surface area (Å²) in [7, 11) is 0. The molecule has 0 aromatic heterocycles. The van der Waals surface area contributed by atoms with E-state index < -0.39 is 0 Å². The van der Waals surface area contributed by atoms with Gasteiger partial charge < -0.3 is 15.2 Å². The summed E-state index contributed by atoms with van der Waals surface area (Å²) >= 11 is 0. The largest absolute Gasteiger partial charge is 0.454 e. The lowest BCUT2D eigenvalue weighted by molar-refractivity contribution is 0.174. The third kappa shape index (κ3) is 2.72. The quantitative estimate of drug-likeness (QED) is 0.872. The SMILES string of the molecule is Cc1cc2c(cc1CC(C)(C)CCN)OCO2. The van der Waals surface area contributed by atoms with E-state index in [0.717, 1.165) is 30.9 Å². The molecular formula is C14H21NO2. The van der Waals surface area contributed by atoms with Gasteiger partial charge in [0.25, 0.3) is 0 Å². The molecule has 0 saturated carbocycles. The predicted molar refractivity (Wildman–Crippen MR) is 68.5 cm³/mol. The van der Waals surface area contributed by atoms with Gasteiger partial charge in [-0.2, -0.15) is 0 Å². The third-order valence-corrected chi connectivity index (χ3v) is 3.32. The molecule has 0 amide bonds. The first-order valence-corrected chi connectivity index (χ1v) is 6.11. The van der Waals surface area contributed by atoms with Crippen molar-refractivity contribution >= 4 is 0 Å². The molecule has 1 aliphatic rings. The van der Waals surface area contributed by atoms with Gasteiger partial charge in [0.2, 0.25) is 6.79 Å². The average molecular weight is 235 g/mol. The van der Waals surface area contributed by atoms with Gasteiger partial charge in [-0.05, 0) is 55.0 Å². The van der Waals surface area contributed by atoms with Crippen LogP contribution < -0.4 is 15.2 Å². The molecule has 1 aromatic carbocycles. The van der Waals surface area contributed by atoms with Crippen molar-refractivity contribution in [2.75, 3.05) is 13.3 Å². The molecule has 2 rings (SSSR count). The second-order valence-electron chi connectivity index (χ2n) is 5.51. The van der Waals surface area contributed by atoms with Gasteiger partial charge in [-0.15, -0.1) is 0 Å². The molecular weight excluding hydrogens is 214 g/mol. The van der Waals surface area contributed by atoms with Crippen molar-refractivity contribution in [2.24, 2.45) is 11.1 Å². The maximum Gasteiger partial charge on any atom is 0.231 e. The molecule has 1 heterocycles. The monoisotopic (exact) mass is 235 g/mol. The van der Waals surface area contributed by atoms with Gasteiger partial charge in [0.1, 0.15) is 0 Å². The first-order valence-electron chi connectivity index (χ1n) is 6.11. The van der Waals surface area contributed by atoms with Crippen LogP contribution in [0.25, 0.3) is 0 Å². The number of rotatable bonds is 4. The molecule has 17 heavy (non-hydrogen) atoms. The molecule has 0 spiro atoms. The van der Waals surface area contributed by atoms with Crippen molar-refractivity contribution in [2.45, 2.75) is 33.6 Å². The van der Waals surface area contributed by atoms with E-state index in [0.29, 0.717) is 6.79 Å². The minimum absolute atomic E-state index is 0.229. The number of aryl methyl sites for hydroxylation is 1. The summed E-state index contributed by atoms with van der Waals surface area (Å²) in [5.74, 6) is 1.73. The van der Waals surface area contributed by atoms with Gasteiger partial charge in [-0.1, -0.05) is 13.8 Å². The lowest BCUT2D eigenvalue weighted by Gasteiger charge is -2.25. The van der Waals surface area contributed by atoms with Gasteiger partial charge in [-0.3, -0.25) is 0 Å². The highest BCUT2D eigenvalue weighted by Crippen LogP contribution is 2.37. The van der Waals surface area contributed by atoms with Crippen LogP contribution in [-0.4, -0.2) is 13.3 Å². The Morgan fingerprint density at radius 3 is 2.53 bits per heavy atom. The Morgan fingerprint density at radius 2 is 1.88 bits per heavy atom. The minimum Gasteiger partial charge on any atom is -0.454 e. The molecule has 0 unspecified atom stereocenters. The van der Waals surface area contributed by atoms with Gasteiger partial charge >= 0.3 is 0 Å². The standard InChI is InChI=1S/C14H21NO2/c1-10-6-12-13(17-9-16-12)7-11(10)8-14(2,3)4-5-15/h6-7H,4-5,8-9,15H2,1-3H3. The van der Waals surface area contributed by atoms with Crippen LogP contribution in [0.5, 0.6) is 11.5 Å². The molecule has 0 radical (unpaired) electrons. The minimum atomic E-state index is 0.229.